The zero-order valence-electron chi connectivity index (χ0n) is 21.7. The lowest BCUT2D eigenvalue weighted by molar-refractivity contribution is -0.116. The lowest BCUT2D eigenvalue weighted by Crippen LogP contribution is -2.31. The van der Waals surface area contributed by atoms with Crippen LogP contribution in [0, 0.1) is 18.3 Å². The van der Waals surface area contributed by atoms with Gasteiger partial charge in [-0.2, -0.15) is 5.26 Å². The van der Waals surface area contributed by atoms with E-state index in [-0.39, 0.29) is 17.4 Å². The van der Waals surface area contributed by atoms with Crippen LogP contribution in [0.4, 0.5) is 5.69 Å². The number of allylic oxidation sites excluding steroid dienone is 3. The number of nitrogens with one attached hydrogen (secondary N) is 2. The first-order chi connectivity index (χ1) is 19.0. The van der Waals surface area contributed by atoms with Gasteiger partial charge in [-0.25, -0.2) is 0 Å². The molecule has 39 heavy (non-hydrogen) atoms. The zero-order valence-corrected chi connectivity index (χ0v) is 22.5. The van der Waals surface area contributed by atoms with Gasteiger partial charge >= 0.3 is 0 Å². The van der Waals surface area contributed by atoms with Crippen LogP contribution in [0.2, 0.25) is 0 Å². The number of ketones is 1. The highest BCUT2D eigenvalue weighted by atomic mass is 32.2. The monoisotopic (exact) mass is 535 g/mol. The Hall–Kier alpha value is -4.28. The molecule has 1 aliphatic heterocycles. The van der Waals surface area contributed by atoms with Crippen molar-refractivity contribution < 1.29 is 14.3 Å². The molecule has 1 aliphatic carbocycles. The number of carbonyl (C=O) groups is 2. The Morgan fingerprint density at radius 3 is 2.62 bits per heavy atom. The number of aryl methyl sites for hydroxylation is 1. The molecule has 0 bridgehead atoms. The summed E-state index contributed by atoms with van der Waals surface area (Å²) in [6.45, 7) is 2.43. The molecule has 2 N–H and O–H groups in total. The minimum atomic E-state index is -0.482. The SMILES string of the molecule is Cc1cccc(NC(=O)CSC2=C(C#N)[C@H](c3ccc(OCc4ccccc4)cc3)C3=C(CCCC3=O)N2)c1. The number of Topliss-reactive ketones (excluding diaryl/α,β-unsaturated/α-hetero) is 1. The molecule has 196 valence electrons. The summed E-state index contributed by atoms with van der Waals surface area (Å²) in [7, 11) is 0. The Kier molecular flexibility index (Phi) is 8.14. The second kappa shape index (κ2) is 12.1. The van der Waals surface area contributed by atoms with Crippen molar-refractivity contribution in [3.8, 4) is 11.8 Å². The van der Waals surface area contributed by atoms with Gasteiger partial charge in [0.05, 0.1) is 28.3 Å². The fourth-order valence-electron chi connectivity index (χ4n) is 4.93. The topological polar surface area (TPSA) is 91.2 Å². The lowest BCUT2D eigenvalue weighted by atomic mass is 9.77. The highest BCUT2D eigenvalue weighted by Gasteiger charge is 2.37. The number of benzene rings is 3. The van der Waals surface area contributed by atoms with Gasteiger partial charge < -0.3 is 15.4 Å². The molecule has 0 spiro atoms. The minimum Gasteiger partial charge on any atom is -0.489 e. The first kappa shape index (κ1) is 26.3. The van der Waals surface area contributed by atoms with Gasteiger partial charge in [-0.3, -0.25) is 9.59 Å². The van der Waals surface area contributed by atoms with E-state index in [1.165, 1.54) is 11.8 Å². The molecular weight excluding hydrogens is 506 g/mol. The number of thioether (sulfide) groups is 1. The van der Waals surface area contributed by atoms with E-state index in [1.807, 2.05) is 85.8 Å². The maximum atomic E-state index is 13.1. The number of dihydropyridines is 1. The number of nitriles is 1. The van der Waals surface area contributed by atoms with Crippen LogP contribution in [-0.2, 0) is 16.2 Å². The molecule has 0 radical (unpaired) electrons. The van der Waals surface area contributed by atoms with Crippen molar-refractivity contribution in [3.63, 3.8) is 0 Å². The largest absolute Gasteiger partial charge is 0.489 e. The normalized spacial score (nSPS) is 16.7. The molecule has 1 atom stereocenters. The Labute approximate surface area is 232 Å². The number of rotatable bonds is 8. The third-order valence-corrected chi connectivity index (χ3v) is 7.79. The molecule has 1 heterocycles. The maximum absolute atomic E-state index is 13.1. The molecule has 1 amide bonds. The van der Waals surface area contributed by atoms with Gasteiger partial charge in [-0.1, -0.05) is 66.4 Å². The molecule has 0 aromatic heterocycles. The molecule has 6 nitrogen and oxygen atoms in total. The first-order valence-corrected chi connectivity index (χ1v) is 13.9. The van der Waals surface area contributed by atoms with Crippen LogP contribution >= 0.6 is 11.8 Å². The number of nitrogens with zero attached hydrogens (tertiary/aromatic N) is 1. The third-order valence-electron chi connectivity index (χ3n) is 6.77. The van der Waals surface area contributed by atoms with Crippen LogP contribution in [0.5, 0.6) is 5.75 Å². The molecule has 5 rings (SSSR count). The van der Waals surface area contributed by atoms with Crippen LogP contribution in [0.1, 0.15) is 41.9 Å². The predicted molar refractivity (Wildman–Crippen MR) is 154 cm³/mol. The van der Waals surface area contributed by atoms with Gasteiger partial charge in [0.25, 0.3) is 0 Å². The minimum absolute atomic E-state index is 0.0622. The second-order valence-corrected chi connectivity index (χ2v) is 10.6. The van der Waals surface area contributed by atoms with Crippen LogP contribution in [0.3, 0.4) is 0 Å². The molecule has 0 fully saturated rings. The number of anilines is 1. The standard InChI is InChI=1S/C32H29N3O3S/c1-21-7-5-10-24(17-21)34-29(37)20-39-32-26(18-33)30(31-27(35-32)11-6-12-28(31)36)23-13-15-25(16-14-23)38-19-22-8-3-2-4-9-22/h2-5,7-10,13-17,30,35H,6,11-12,19-20H2,1H3,(H,34,37)/t30-/m0/s1. The van der Waals surface area contributed by atoms with Crippen molar-refractivity contribution in [1.82, 2.24) is 5.32 Å². The van der Waals surface area contributed by atoms with E-state index in [1.54, 1.807) is 0 Å². The smallest absolute Gasteiger partial charge is 0.234 e. The van der Waals surface area contributed by atoms with Crippen molar-refractivity contribution in [2.45, 2.75) is 38.7 Å². The van der Waals surface area contributed by atoms with Gasteiger partial charge in [0, 0.05) is 23.4 Å². The summed E-state index contributed by atoms with van der Waals surface area (Å²) in [5.74, 6) is 0.271. The Bertz CT molecular complexity index is 1490. The van der Waals surface area contributed by atoms with Gasteiger partial charge in [0.1, 0.15) is 12.4 Å². The fourth-order valence-corrected chi connectivity index (χ4v) is 5.79. The summed E-state index contributed by atoms with van der Waals surface area (Å²) in [5.41, 5.74) is 5.68. The fraction of sp³-hybridized carbons (Fsp3) is 0.219. The Balaban J connectivity index is 1.37. The molecule has 3 aromatic carbocycles. The van der Waals surface area contributed by atoms with Gasteiger partial charge in [0.15, 0.2) is 5.78 Å². The first-order valence-electron chi connectivity index (χ1n) is 13.0. The molecule has 2 aliphatic rings. The number of hydrogen-bond donors (Lipinski definition) is 2. The molecule has 0 saturated heterocycles. The Morgan fingerprint density at radius 1 is 1.08 bits per heavy atom. The number of ether oxygens (including phenoxy) is 1. The van der Waals surface area contributed by atoms with E-state index in [2.05, 4.69) is 16.7 Å². The van der Waals surface area contributed by atoms with Crippen LogP contribution in [0.15, 0.2) is 101 Å². The van der Waals surface area contributed by atoms with Gasteiger partial charge in [-0.05, 0) is 60.7 Å². The molecule has 0 unspecified atom stereocenters. The second-order valence-electron chi connectivity index (χ2n) is 9.63. The number of hydrogen-bond acceptors (Lipinski definition) is 6. The summed E-state index contributed by atoms with van der Waals surface area (Å²) >= 11 is 1.29. The summed E-state index contributed by atoms with van der Waals surface area (Å²) in [5, 5.41) is 17.1. The van der Waals surface area contributed by atoms with E-state index < -0.39 is 5.92 Å². The molecule has 3 aromatic rings. The average Bonchev–Trinajstić information content (AvgIpc) is 2.95. The van der Waals surface area contributed by atoms with E-state index >= 15 is 0 Å². The summed E-state index contributed by atoms with van der Waals surface area (Å²) in [6.07, 6.45) is 1.96. The van der Waals surface area contributed by atoms with Gasteiger partial charge in [0.2, 0.25) is 5.91 Å². The number of amides is 1. The van der Waals surface area contributed by atoms with Crippen molar-refractivity contribution in [2.24, 2.45) is 0 Å². The number of carbonyl (C=O) groups excluding carboxylic acids is 2. The van der Waals surface area contributed by atoms with Crippen molar-refractivity contribution in [3.05, 3.63) is 117 Å². The van der Waals surface area contributed by atoms with E-state index in [0.29, 0.717) is 35.0 Å². The van der Waals surface area contributed by atoms with Gasteiger partial charge in [-0.15, -0.1) is 0 Å². The van der Waals surface area contributed by atoms with E-state index in [0.717, 1.165) is 40.9 Å². The third kappa shape index (κ3) is 6.24. The quantitative estimate of drug-likeness (QED) is 0.348. The van der Waals surface area contributed by atoms with Crippen LogP contribution in [0.25, 0.3) is 0 Å². The van der Waals surface area contributed by atoms with Crippen LogP contribution in [-0.4, -0.2) is 17.4 Å². The molecular formula is C32H29N3O3S. The molecule has 0 saturated carbocycles. The molecule has 7 heteroatoms. The van der Waals surface area contributed by atoms with E-state index in [4.69, 9.17) is 4.74 Å². The highest BCUT2D eigenvalue weighted by Crippen LogP contribution is 2.44. The predicted octanol–water partition coefficient (Wildman–Crippen LogP) is 6.38. The van der Waals surface area contributed by atoms with Crippen molar-refractivity contribution in [1.29, 1.82) is 5.26 Å². The summed E-state index contributed by atoms with van der Waals surface area (Å²) in [4.78, 5) is 25.8. The summed E-state index contributed by atoms with van der Waals surface area (Å²) in [6, 6.07) is 27.5. The Morgan fingerprint density at radius 2 is 1.87 bits per heavy atom. The average molecular weight is 536 g/mol. The maximum Gasteiger partial charge on any atom is 0.234 e. The zero-order chi connectivity index (χ0) is 27.2. The van der Waals surface area contributed by atoms with Crippen LogP contribution < -0.4 is 15.4 Å². The van der Waals surface area contributed by atoms with Crippen molar-refractivity contribution >= 4 is 29.1 Å². The van der Waals surface area contributed by atoms with E-state index in [9.17, 15) is 14.9 Å². The van der Waals surface area contributed by atoms with Crippen molar-refractivity contribution in [2.75, 3.05) is 11.1 Å². The lowest BCUT2D eigenvalue weighted by Gasteiger charge is -2.33. The summed E-state index contributed by atoms with van der Waals surface area (Å²) < 4.78 is 5.94. The highest BCUT2D eigenvalue weighted by molar-refractivity contribution is 8.03.